The first-order valence-corrected chi connectivity index (χ1v) is 4.31. The van der Waals surface area contributed by atoms with Crippen LogP contribution in [0.1, 0.15) is 9.62 Å². The van der Waals surface area contributed by atoms with Gasteiger partial charge in [0.1, 0.15) is 0 Å². The molecular formula is C7H7IN2O. The van der Waals surface area contributed by atoms with Gasteiger partial charge in [-0.1, -0.05) is 28.7 Å². The van der Waals surface area contributed by atoms with Gasteiger partial charge in [-0.25, -0.2) is 0 Å². The van der Waals surface area contributed by atoms with Crippen LogP contribution < -0.4 is 0 Å². The molecular weight excluding hydrogens is 255 g/mol. The van der Waals surface area contributed by atoms with Crippen molar-refractivity contribution >= 4 is 28.8 Å². The van der Waals surface area contributed by atoms with E-state index in [0.717, 1.165) is 5.69 Å². The lowest BCUT2D eigenvalue weighted by atomic mass is 10.3. The Morgan fingerprint density at radius 3 is 3.00 bits per heavy atom. The van der Waals surface area contributed by atoms with Crippen molar-refractivity contribution < 1.29 is 5.21 Å². The third-order valence-electron chi connectivity index (χ3n) is 1.17. The van der Waals surface area contributed by atoms with E-state index in [9.17, 15) is 0 Å². The quantitative estimate of drug-likeness (QED) is 0.291. The molecule has 11 heavy (non-hydrogen) atoms. The number of aromatic nitrogens is 1. The van der Waals surface area contributed by atoms with Gasteiger partial charge < -0.3 is 5.21 Å². The molecule has 4 heteroatoms. The van der Waals surface area contributed by atoms with Crippen molar-refractivity contribution in [1.82, 2.24) is 4.98 Å². The number of nitrogens with zero attached hydrogens (tertiary/aromatic N) is 2. The molecule has 0 amide bonds. The fourth-order valence-corrected chi connectivity index (χ4v) is 1.19. The predicted octanol–water partition coefficient (Wildman–Crippen LogP) is 2.02. The first kappa shape index (κ1) is 8.45. The zero-order valence-electron chi connectivity index (χ0n) is 5.68. The minimum absolute atomic E-state index is 0.0406. The summed E-state index contributed by atoms with van der Waals surface area (Å²) in [6.45, 7) is 0. The fraction of sp³-hybridized carbons (Fsp3) is 0.143. The monoisotopic (exact) mass is 262 g/mol. The summed E-state index contributed by atoms with van der Waals surface area (Å²) in [7, 11) is 0. The maximum absolute atomic E-state index is 8.23. The van der Waals surface area contributed by atoms with E-state index in [1.807, 2.05) is 18.2 Å². The van der Waals surface area contributed by atoms with E-state index in [2.05, 4.69) is 32.7 Å². The van der Waals surface area contributed by atoms with Crippen molar-refractivity contribution in [2.45, 2.75) is 3.92 Å². The maximum atomic E-state index is 8.23. The minimum atomic E-state index is 0.0406. The van der Waals surface area contributed by atoms with Crippen LogP contribution in [-0.2, 0) is 0 Å². The highest BCUT2D eigenvalue weighted by atomic mass is 127. The Bertz CT molecular complexity index is 237. The molecule has 1 aromatic rings. The van der Waals surface area contributed by atoms with Crippen LogP contribution in [0.25, 0.3) is 0 Å². The van der Waals surface area contributed by atoms with Gasteiger partial charge in [0.05, 0.1) is 15.8 Å². The van der Waals surface area contributed by atoms with Gasteiger partial charge >= 0.3 is 0 Å². The summed E-state index contributed by atoms with van der Waals surface area (Å²) in [5.74, 6) is 0. The van der Waals surface area contributed by atoms with E-state index in [0.29, 0.717) is 0 Å². The molecule has 0 aromatic carbocycles. The van der Waals surface area contributed by atoms with Gasteiger partial charge in [0, 0.05) is 6.20 Å². The van der Waals surface area contributed by atoms with Crippen molar-refractivity contribution in [2.75, 3.05) is 0 Å². The third-order valence-corrected chi connectivity index (χ3v) is 2.13. The molecule has 0 saturated carbocycles. The number of halogens is 1. The average molecular weight is 262 g/mol. The Morgan fingerprint density at radius 2 is 2.45 bits per heavy atom. The number of hydrogen-bond donors (Lipinski definition) is 1. The van der Waals surface area contributed by atoms with Crippen molar-refractivity contribution in [2.24, 2.45) is 5.16 Å². The normalized spacial score (nSPS) is 13.5. The molecule has 0 bridgehead atoms. The molecule has 0 saturated heterocycles. The van der Waals surface area contributed by atoms with E-state index < -0.39 is 0 Å². The molecule has 0 radical (unpaired) electrons. The van der Waals surface area contributed by atoms with Crippen molar-refractivity contribution in [3.63, 3.8) is 0 Å². The zero-order chi connectivity index (χ0) is 8.10. The molecule has 1 heterocycles. The van der Waals surface area contributed by atoms with Gasteiger partial charge in [-0.2, -0.15) is 0 Å². The summed E-state index contributed by atoms with van der Waals surface area (Å²) in [6, 6.07) is 5.64. The molecule has 0 spiro atoms. The van der Waals surface area contributed by atoms with Crippen molar-refractivity contribution in [3.8, 4) is 0 Å². The summed E-state index contributed by atoms with van der Waals surface area (Å²) >= 11 is 2.14. The zero-order valence-corrected chi connectivity index (χ0v) is 7.84. The number of pyridine rings is 1. The second-order valence-corrected chi connectivity index (χ2v) is 3.26. The lowest BCUT2D eigenvalue weighted by Gasteiger charge is -1.99. The molecule has 3 nitrogen and oxygen atoms in total. The molecule has 1 rings (SSSR count). The number of alkyl halides is 1. The van der Waals surface area contributed by atoms with E-state index >= 15 is 0 Å². The van der Waals surface area contributed by atoms with Crippen LogP contribution in [0.4, 0.5) is 0 Å². The first-order chi connectivity index (χ1) is 5.34. The van der Waals surface area contributed by atoms with E-state index in [1.54, 1.807) is 6.20 Å². The highest BCUT2D eigenvalue weighted by molar-refractivity contribution is 14.1. The van der Waals surface area contributed by atoms with Gasteiger partial charge in [0.2, 0.25) is 0 Å². The standard InChI is InChI=1S/C7H7IN2O/c8-6(5-10-11)7-3-1-2-4-9-7/h1-6,11H. The summed E-state index contributed by atoms with van der Waals surface area (Å²) < 4.78 is 0.0406. The SMILES string of the molecule is ON=CC(I)c1ccccn1. The summed E-state index contributed by atoms with van der Waals surface area (Å²) in [5, 5.41) is 11.2. The van der Waals surface area contributed by atoms with Crippen LogP contribution in [0.2, 0.25) is 0 Å². The average Bonchev–Trinajstić information content (AvgIpc) is 2.07. The first-order valence-electron chi connectivity index (χ1n) is 3.07. The van der Waals surface area contributed by atoms with Gasteiger partial charge in [-0.05, 0) is 12.1 Å². The molecule has 0 aliphatic rings. The largest absolute Gasteiger partial charge is 0.411 e. The Hall–Kier alpha value is -0.650. The summed E-state index contributed by atoms with van der Waals surface area (Å²) in [5.41, 5.74) is 0.894. The topological polar surface area (TPSA) is 45.5 Å². The molecule has 58 valence electrons. The molecule has 1 unspecified atom stereocenters. The van der Waals surface area contributed by atoms with Gasteiger partial charge in [-0.15, -0.1) is 5.16 Å². The molecule has 1 aromatic heterocycles. The van der Waals surface area contributed by atoms with Crippen molar-refractivity contribution in [3.05, 3.63) is 30.1 Å². The molecule has 0 aliphatic heterocycles. The van der Waals surface area contributed by atoms with Crippen LogP contribution in [0.5, 0.6) is 0 Å². The van der Waals surface area contributed by atoms with Gasteiger partial charge in [0.15, 0.2) is 0 Å². The van der Waals surface area contributed by atoms with E-state index in [-0.39, 0.29) is 3.92 Å². The molecule has 1 atom stereocenters. The van der Waals surface area contributed by atoms with E-state index in [1.165, 1.54) is 6.21 Å². The fourth-order valence-electron chi connectivity index (χ4n) is 0.674. The number of oxime groups is 1. The van der Waals surface area contributed by atoms with Crippen LogP contribution in [0.3, 0.4) is 0 Å². The lowest BCUT2D eigenvalue weighted by molar-refractivity contribution is 0.321. The maximum Gasteiger partial charge on any atom is 0.0916 e. The smallest absolute Gasteiger partial charge is 0.0916 e. The highest BCUT2D eigenvalue weighted by Gasteiger charge is 2.03. The Labute approximate surface area is 78.3 Å². The Balaban J connectivity index is 2.76. The summed E-state index contributed by atoms with van der Waals surface area (Å²) in [6.07, 6.45) is 3.15. The predicted molar refractivity (Wildman–Crippen MR) is 51.3 cm³/mol. The van der Waals surface area contributed by atoms with Crippen molar-refractivity contribution in [1.29, 1.82) is 0 Å². The number of rotatable bonds is 2. The van der Waals surface area contributed by atoms with Crippen LogP contribution in [0, 0.1) is 0 Å². The summed E-state index contributed by atoms with van der Waals surface area (Å²) in [4.78, 5) is 4.09. The lowest BCUT2D eigenvalue weighted by Crippen LogP contribution is -1.93. The number of hydrogen-bond acceptors (Lipinski definition) is 3. The van der Waals surface area contributed by atoms with Crippen LogP contribution >= 0.6 is 22.6 Å². The van der Waals surface area contributed by atoms with Gasteiger partial charge in [-0.3, -0.25) is 4.98 Å². The minimum Gasteiger partial charge on any atom is -0.411 e. The highest BCUT2D eigenvalue weighted by Crippen LogP contribution is 2.17. The second-order valence-electron chi connectivity index (χ2n) is 1.92. The van der Waals surface area contributed by atoms with Crippen LogP contribution in [0.15, 0.2) is 29.6 Å². The molecule has 0 fully saturated rings. The third kappa shape index (κ3) is 2.45. The van der Waals surface area contributed by atoms with Crippen LogP contribution in [-0.4, -0.2) is 16.4 Å². The second kappa shape index (κ2) is 4.27. The Morgan fingerprint density at radius 1 is 1.64 bits per heavy atom. The molecule has 0 aliphatic carbocycles. The van der Waals surface area contributed by atoms with E-state index in [4.69, 9.17) is 5.21 Å². The molecule has 1 N–H and O–H groups in total. The Kier molecular flexibility index (Phi) is 3.28. The van der Waals surface area contributed by atoms with Gasteiger partial charge in [0.25, 0.3) is 0 Å².